The number of hydrogen-bond donors (Lipinski definition) is 1. The third-order valence-electron chi connectivity index (χ3n) is 3.51. The van der Waals surface area contributed by atoms with Gasteiger partial charge in [-0.05, 0) is 55.5 Å². The molecule has 0 heterocycles. The van der Waals surface area contributed by atoms with Crippen molar-refractivity contribution in [3.05, 3.63) is 29.3 Å². The highest BCUT2D eigenvalue weighted by Crippen LogP contribution is 2.26. The minimum Gasteiger partial charge on any atom is -0.492 e. The summed E-state index contributed by atoms with van der Waals surface area (Å²) in [5, 5.41) is 3.43. The van der Waals surface area contributed by atoms with Crippen molar-refractivity contribution in [1.82, 2.24) is 5.32 Å². The Bertz CT molecular complexity index is 362. The van der Waals surface area contributed by atoms with Gasteiger partial charge in [0.1, 0.15) is 12.4 Å². The Labute approximate surface area is 104 Å². The molecule has 2 rings (SSSR count). The minimum atomic E-state index is 0.466. The molecule has 1 N–H and O–H groups in total. The number of ether oxygens (including phenoxy) is 1. The number of likely N-dealkylation sites (N-methyl/N-ethyl adjacent to an activating group) is 1. The second-order valence-electron chi connectivity index (χ2n) is 4.76. The fraction of sp³-hybridized carbons (Fsp3) is 0.600. The predicted octanol–water partition coefficient (Wildman–Crippen LogP) is 2.94. The number of benzene rings is 1. The molecule has 1 aliphatic rings. The third-order valence-corrected chi connectivity index (χ3v) is 3.51. The van der Waals surface area contributed by atoms with Crippen LogP contribution in [0.4, 0.5) is 0 Å². The summed E-state index contributed by atoms with van der Waals surface area (Å²) in [7, 11) is 0. The second-order valence-corrected chi connectivity index (χ2v) is 4.76. The van der Waals surface area contributed by atoms with Crippen molar-refractivity contribution in [2.75, 3.05) is 13.2 Å². The predicted molar refractivity (Wildman–Crippen MR) is 71.7 cm³/mol. The molecule has 1 aromatic rings. The summed E-state index contributed by atoms with van der Waals surface area (Å²) < 4.78 is 5.87. The van der Waals surface area contributed by atoms with Gasteiger partial charge >= 0.3 is 0 Å². The lowest BCUT2D eigenvalue weighted by molar-refractivity contribution is 0.262. The van der Waals surface area contributed by atoms with Crippen LogP contribution in [0.2, 0.25) is 0 Å². The first-order valence-electron chi connectivity index (χ1n) is 6.81. The summed E-state index contributed by atoms with van der Waals surface area (Å²) in [4.78, 5) is 0. The molecule has 1 aromatic carbocycles. The molecule has 2 nitrogen and oxygen atoms in total. The maximum atomic E-state index is 5.87. The molecule has 1 unspecified atom stereocenters. The summed E-state index contributed by atoms with van der Waals surface area (Å²) in [6.45, 7) is 6.10. The van der Waals surface area contributed by atoms with Crippen LogP contribution < -0.4 is 10.1 Å². The minimum absolute atomic E-state index is 0.466. The van der Waals surface area contributed by atoms with Gasteiger partial charge < -0.3 is 10.1 Å². The van der Waals surface area contributed by atoms with E-state index in [1.54, 1.807) is 0 Å². The van der Waals surface area contributed by atoms with Crippen LogP contribution in [0.1, 0.15) is 37.8 Å². The Balaban J connectivity index is 1.90. The maximum absolute atomic E-state index is 5.87. The van der Waals surface area contributed by atoms with Crippen molar-refractivity contribution < 1.29 is 4.74 Å². The van der Waals surface area contributed by atoms with Gasteiger partial charge in [-0.1, -0.05) is 19.9 Å². The van der Waals surface area contributed by atoms with Crippen LogP contribution >= 0.6 is 0 Å². The Morgan fingerprint density at radius 3 is 2.82 bits per heavy atom. The highest BCUT2D eigenvalue weighted by Gasteiger charge is 2.12. The van der Waals surface area contributed by atoms with Gasteiger partial charge in [0, 0.05) is 6.04 Å². The molecule has 0 spiro atoms. The molecule has 17 heavy (non-hydrogen) atoms. The van der Waals surface area contributed by atoms with Gasteiger partial charge in [-0.2, -0.15) is 0 Å². The van der Waals surface area contributed by atoms with Gasteiger partial charge in [0.25, 0.3) is 0 Å². The summed E-state index contributed by atoms with van der Waals surface area (Å²) >= 11 is 0. The van der Waals surface area contributed by atoms with Crippen molar-refractivity contribution in [3.8, 4) is 5.75 Å². The average molecular weight is 233 g/mol. The van der Waals surface area contributed by atoms with Crippen LogP contribution in [-0.4, -0.2) is 19.2 Å². The molecule has 94 valence electrons. The molecule has 2 heteroatoms. The van der Waals surface area contributed by atoms with E-state index in [0.29, 0.717) is 6.04 Å². The quantitative estimate of drug-likeness (QED) is 0.815. The number of aryl methyl sites for hydroxylation is 2. The number of nitrogens with one attached hydrogen (secondary N) is 1. The summed E-state index contributed by atoms with van der Waals surface area (Å²) in [6, 6.07) is 7.03. The first-order valence-corrected chi connectivity index (χ1v) is 6.81. The maximum Gasteiger partial charge on any atom is 0.119 e. The monoisotopic (exact) mass is 233 g/mol. The molecule has 0 aromatic heterocycles. The SMILES string of the molecule is CCNC(CC)COc1ccc2c(c1)CCC2. The van der Waals surface area contributed by atoms with Gasteiger partial charge in [-0.25, -0.2) is 0 Å². The zero-order valence-electron chi connectivity index (χ0n) is 11.0. The smallest absolute Gasteiger partial charge is 0.119 e. The molecule has 0 saturated carbocycles. The zero-order valence-corrected chi connectivity index (χ0v) is 11.0. The zero-order chi connectivity index (χ0) is 12.1. The Hall–Kier alpha value is -1.02. The first kappa shape index (κ1) is 12.4. The summed E-state index contributed by atoms with van der Waals surface area (Å²) in [5.41, 5.74) is 3.00. The molecule has 0 bridgehead atoms. The van der Waals surface area contributed by atoms with E-state index < -0.39 is 0 Å². The van der Waals surface area contributed by atoms with Crippen molar-refractivity contribution >= 4 is 0 Å². The first-order chi connectivity index (χ1) is 8.33. The lowest BCUT2D eigenvalue weighted by atomic mass is 10.1. The largest absolute Gasteiger partial charge is 0.492 e. The van der Waals surface area contributed by atoms with Crippen LogP contribution in [0.5, 0.6) is 5.75 Å². The Morgan fingerprint density at radius 1 is 1.24 bits per heavy atom. The van der Waals surface area contributed by atoms with E-state index in [-0.39, 0.29) is 0 Å². The van der Waals surface area contributed by atoms with Gasteiger partial charge in [-0.15, -0.1) is 0 Å². The van der Waals surface area contributed by atoms with Crippen molar-refractivity contribution in [2.45, 2.75) is 45.6 Å². The number of hydrogen-bond acceptors (Lipinski definition) is 2. The molecular weight excluding hydrogens is 210 g/mol. The molecular formula is C15H23NO. The number of fused-ring (bicyclic) bond motifs is 1. The average Bonchev–Trinajstić information content (AvgIpc) is 2.81. The number of rotatable bonds is 6. The van der Waals surface area contributed by atoms with E-state index in [2.05, 4.69) is 37.4 Å². The Morgan fingerprint density at radius 2 is 2.06 bits per heavy atom. The van der Waals surface area contributed by atoms with Gasteiger partial charge in [0.15, 0.2) is 0 Å². The summed E-state index contributed by atoms with van der Waals surface area (Å²) in [5.74, 6) is 1.03. The van der Waals surface area contributed by atoms with Crippen molar-refractivity contribution in [3.63, 3.8) is 0 Å². The van der Waals surface area contributed by atoms with Gasteiger partial charge in [0.05, 0.1) is 0 Å². The highest BCUT2D eigenvalue weighted by molar-refractivity contribution is 5.38. The molecule has 0 aliphatic heterocycles. The fourth-order valence-electron chi connectivity index (χ4n) is 2.44. The molecule has 1 aliphatic carbocycles. The van der Waals surface area contributed by atoms with E-state index >= 15 is 0 Å². The lowest BCUT2D eigenvalue weighted by Gasteiger charge is -2.17. The molecule has 0 fully saturated rings. The van der Waals surface area contributed by atoms with E-state index in [4.69, 9.17) is 4.74 Å². The molecule has 1 atom stereocenters. The van der Waals surface area contributed by atoms with Crippen molar-refractivity contribution in [1.29, 1.82) is 0 Å². The standard InChI is InChI=1S/C15H23NO/c1-3-14(16-4-2)11-17-15-9-8-12-6-5-7-13(12)10-15/h8-10,14,16H,3-7,11H2,1-2H3. The van der Waals surface area contributed by atoms with E-state index in [1.165, 1.54) is 30.4 Å². The Kier molecular flexibility index (Phi) is 4.43. The van der Waals surface area contributed by atoms with Crippen LogP contribution in [0.25, 0.3) is 0 Å². The van der Waals surface area contributed by atoms with Crippen molar-refractivity contribution in [2.24, 2.45) is 0 Å². The molecule has 0 saturated heterocycles. The van der Waals surface area contributed by atoms with E-state index in [1.807, 2.05) is 0 Å². The van der Waals surface area contributed by atoms with Gasteiger partial charge in [-0.3, -0.25) is 0 Å². The second kappa shape index (κ2) is 6.06. The van der Waals surface area contributed by atoms with Gasteiger partial charge in [0.2, 0.25) is 0 Å². The van der Waals surface area contributed by atoms with Crippen LogP contribution in [0, 0.1) is 0 Å². The third kappa shape index (κ3) is 3.22. The normalized spacial score (nSPS) is 15.6. The van der Waals surface area contributed by atoms with E-state index in [0.717, 1.165) is 25.3 Å². The fourth-order valence-corrected chi connectivity index (χ4v) is 2.44. The lowest BCUT2D eigenvalue weighted by Crippen LogP contribution is -2.33. The molecule has 0 amide bonds. The molecule has 0 radical (unpaired) electrons. The van der Waals surface area contributed by atoms with Crippen LogP contribution in [0.15, 0.2) is 18.2 Å². The summed E-state index contributed by atoms with van der Waals surface area (Å²) in [6.07, 6.45) is 4.87. The highest BCUT2D eigenvalue weighted by atomic mass is 16.5. The van der Waals surface area contributed by atoms with E-state index in [9.17, 15) is 0 Å². The topological polar surface area (TPSA) is 21.3 Å². The van der Waals surface area contributed by atoms with Crippen LogP contribution in [0.3, 0.4) is 0 Å². The van der Waals surface area contributed by atoms with Crippen LogP contribution in [-0.2, 0) is 12.8 Å².